The molecule has 0 fully saturated rings. The third-order valence-electron chi connectivity index (χ3n) is 4.24. The zero-order valence-electron chi connectivity index (χ0n) is 17.1. The molecule has 0 radical (unpaired) electrons. The Morgan fingerprint density at radius 1 is 1.09 bits per heavy atom. The number of alkyl halides is 3. The molecule has 0 aliphatic carbocycles. The molecule has 12 heteroatoms. The fraction of sp³-hybridized carbons (Fsp3) is 0.250. The molecule has 0 bridgehead atoms. The van der Waals surface area contributed by atoms with Crippen molar-refractivity contribution in [3.63, 3.8) is 0 Å². The first-order valence-electron chi connectivity index (χ1n) is 9.03. The molecular weight excluding hydrogens is 439 g/mol. The topological polar surface area (TPSA) is 69.5 Å². The molecule has 3 rings (SSSR count). The summed E-state index contributed by atoms with van der Waals surface area (Å²) in [5.41, 5.74) is -1.66. The second-order valence-electron chi connectivity index (χ2n) is 6.84. The van der Waals surface area contributed by atoms with Crippen LogP contribution >= 0.6 is 0 Å². The molecule has 0 saturated carbocycles. The first-order chi connectivity index (χ1) is 15.0. The summed E-state index contributed by atoms with van der Waals surface area (Å²) < 4.78 is 78.1. The number of rotatable bonds is 6. The number of hydrogen-bond donors (Lipinski definition) is 0. The van der Waals surface area contributed by atoms with Crippen molar-refractivity contribution in [2.75, 3.05) is 19.0 Å². The van der Waals surface area contributed by atoms with E-state index in [2.05, 4.69) is 9.97 Å². The van der Waals surface area contributed by atoms with Crippen LogP contribution in [0.15, 0.2) is 41.3 Å². The van der Waals surface area contributed by atoms with Gasteiger partial charge in [-0.1, -0.05) is 0 Å². The van der Waals surface area contributed by atoms with Gasteiger partial charge in [0.2, 0.25) is 5.88 Å². The maximum absolute atomic E-state index is 14.4. The van der Waals surface area contributed by atoms with Gasteiger partial charge in [-0.2, -0.15) is 18.2 Å². The summed E-state index contributed by atoms with van der Waals surface area (Å²) in [4.78, 5) is 20.5. The predicted molar refractivity (Wildman–Crippen MR) is 104 cm³/mol. The Morgan fingerprint density at radius 3 is 2.28 bits per heavy atom. The van der Waals surface area contributed by atoms with E-state index in [-0.39, 0.29) is 23.8 Å². The zero-order chi connectivity index (χ0) is 23.6. The van der Waals surface area contributed by atoms with Gasteiger partial charge >= 0.3 is 11.9 Å². The average Bonchev–Trinajstić information content (AvgIpc) is 2.71. The van der Waals surface area contributed by atoms with Crippen LogP contribution in [-0.4, -0.2) is 28.6 Å². The van der Waals surface area contributed by atoms with Crippen LogP contribution in [-0.2, 0) is 19.8 Å². The van der Waals surface area contributed by atoms with E-state index in [4.69, 9.17) is 9.47 Å². The van der Waals surface area contributed by atoms with Crippen molar-refractivity contribution in [1.29, 1.82) is 0 Å². The molecule has 3 aromatic rings. The molecule has 0 N–H and O–H groups in total. The van der Waals surface area contributed by atoms with Crippen LogP contribution in [0.2, 0.25) is 0 Å². The number of halogens is 5. The van der Waals surface area contributed by atoms with Crippen molar-refractivity contribution in [2.24, 2.45) is 7.05 Å². The highest BCUT2D eigenvalue weighted by atomic mass is 19.4. The summed E-state index contributed by atoms with van der Waals surface area (Å²) in [6.07, 6.45) is -3.94. The lowest BCUT2D eigenvalue weighted by molar-refractivity contribution is -0.141. The molecule has 32 heavy (non-hydrogen) atoms. The average molecular weight is 456 g/mol. The van der Waals surface area contributed by atoms with E-state index >= 15 is 0 Å². The van der Waals surface area contributed by atoms with Gasteiger partial charge in [-0.05, 0) is 29.8 Å². The van der Waals surface area contributed by atoms with Gasteiger partial charge in [0.25, 0.3) is 0 Å². The quantitative estimate of drug-likeness (QED) is 0.524. The van der Waals surface area contributed by atoms with Crippen LogP contribution in [0.25, 0.3) is 0 Å². The zero-order valence-corrected chi connectivity index (χ0v) is 17.1. The summed E-state index contributed by atoms with van der Waals surface area (Å²) in [6, 6.07) is 4.89. The summed E-state index contributed by atoms with van der Waals surface area (Å²) in [5.74, 6) is -2.82. The van der Waals surface area contributed by atoms with Crippen molar-refractivity contribution in [3.05, 3.63) is 69.9 Å². The highest BCUT2D eigenvalue weighted by Gasteiger charge is 2.32. The molecule has 0 amide bonds. The fourth-order valence-corrected chi connectivity index (χ4v) is 2.69. The lowest BCUT2D eigenvalue weighted by Gasteiger charge is -2.17. The van der Waals surface area contributed by atoms with E-state index < -0.39 is 34.9 Å². The Labute approximate surface area is 178 Å². The molecule has 0 saturated heterocycles. The van der Waals surface area contributed by atoms with Crippen LogP contribution < -0.4 is 20.1 Å². The van der Waals surface area contributed by atoms with Crippen molar-refractivity contribution in [2.45, 2.75) is 12.8 Å². The predicted octanol–water partition coefficient (Wildman–Crippen LogP) is 3.91. The highest BCUT2D eigenvalue weighted by molar-refractivity contribution is 5.40. The van der Waals surface area contributed by atoms with Gasteiger partial charge in [-0.25, -0.2) is 18.6 Å². The molecular formula is C20H17F5N4O3. The standard InChI is InChI=1S/C20H17F5N4O3/c1-28(2)17-8-16(27-19(30)29(17)3)31-10-11-6-13(21)18(14(22)7-11)32-12-4-5-15(26-9-12)20(23,24)25/h4-9H,10H2,1-3H3. The van der Waals surface area contributed by atoms with Gasteiger partial charge < -0.3 is 14.4 Å². The number of benzene rings is 1. The summed E-state index contributed by atoms with van der Waals surface area (Å²) in [6.45, 7) is -0.303. The summed E-state index contributed by atoms with van der Waals surface area (Å²) >= 11 is 0. The molecule has 1 aromatic carbocycles. The fourth-order valence-electron chi connectivity index (χ4n) is 2.69. The Hall–Kier alpha value is -3.70. The second-order valence-corrected chi connectivity index (χ2v) is 6.84. The van der Waals surface area contributed by atoms with E-state index in [1.165, 1.54) is 17.7 Å². The van der Waals surface area contributed by atoms with Gasteiger partial charge in [0.1, 0.15) is 23.9 Å². The molecule has 7 nitrogen and oxygen atoms in total. The third-order valence-corrected chi connectivity index (χ3v) is 4.24. The number of aromatic nitrogens is 3. The molecule has 0 spiro atoms. The maximum atomic E-state index is 14.4. The van der Waals surface area contributed by atoms with Gasteiger partial charge in [0.15, 0.2) is 17.4 Å². The minimum absolute atomic E-state index is 0.0335. The van der Waals surface area contributed by atoms with Crippen LogP contribution in [0.4, 0.5) is 27.8 Å². The van der Waals surface area contributed by atoms with E-state index in [9.17, 15) is 26.7 Å². The minimum atomic E-state index is -4.65. The number of anilines is 1. The largest absolute Gasteiger partial charge is 0.473 e. The summed E-state index contributed by atoms with van der Waals surface area (Å²) in [7, 11) is 4.96. The van der Waals surface area contributed by atoms with E-state index in [0.717, 1.165) is 18.2 Å². The van der Waals surface area contributed by atoms with Gasteiger partial charge in [-0.3, -0.25) is 4.57 Å². The molecule has 0 atom stereocenters. The highest BCUT2D eigenvalue weighted by Crippen LogP contribution is 2.31. The Balaban J connectivity index is 1.76. The first-order valence-corrected chi connectivity index (χ1v) is 9.03. The number of hydrogen-bond acceptors (Lipinski definition) is 6. The molecule has 2 heterocycles. The van der Waals surface area contributed by atoms with E-state index in [1.807, 2.05) is 0 Å². The number of pyridine rings is 1. The van der Waals surface area contributed by atoms with Crippen LogP contribution in [0.1, 0.15) is 11.3 Å². The van der Waals surface area contributed by atoms with E-state index in [1.54, 1.807) is 19.0 Å². The maximum Gasteiger partial charge on any atom is 0.433 e. The monoisotopic (exact) mass is 456 g/mol. The van der Waals surface area contributed by atoms with Crippen LogP contribution in [0, 0.1) is 11.6 Å². The molecule has 2 aromatic heterocycles. The SMILES string of the molecule is CN(C)c1cc(OCc2cc(F)c(Oc3ccc(C(F)(F)F)nc3)c(F)c2)nc(=O)n1C. The van der Waals surface area contributed by atoms with Crippen molar-refractivity contribution < 1.29 is 31.4 Å². The van der Waals surface area contributed by atoms with Crippen molar-refractivity contribution in [3.8, 4) is 17.4 Å². The van der Waals surface area contributed by atoms with E-state index in [0.29, 0.717) is 18.1 Å². The van der Waals surface area contributed by atoms with Gasteiger partial charge in [0, 0.05) is 27.2 Å². The molecule has 0 aliphatic rings. The normalized spacial score (nSPS) is 11.4. The third kappa shape index (κ3) is 5.13. The van der Waals surface area contributed by atoms with Gasteiger partial charge in [-0.15, -0.1) is 0 Å². The Bertz CT molecular complexity index is 1150. The lowest BCUT2D eigenvalue weighted by Crippen LogP contribution is -2.26. The van der Waals surface area contributed by atoms with Crippen molar-refractivity contribution >= 4 is 5.82 Å². The number of nitrogens with zero attached hydrogens (tertiary/aromatic N) is 4. The lowest BCUT2D eigenvalue weighted by atomic mass is 10.2. The minimum Gasteiger partial charge on any atom is -0.473 e. The Kier molecular flexibility index (Phi) is 6.32. The smallest absolute Gasteiger partial charge is 0.433 e. The Morgan fingerprint density at radius 2 is 1.75 bits per heavy atom. The summed E-state index contributed by atoms with van der Waals surface area (Å²) in [5, 5.41) is 0. The first kappa shape index (κ1) is 23.0. The van der Waals surface area contributed by atoms with Crippen LogP contribution in [0.5, 0.6) is 17.4 Å². The molecule has 0 aliphatic heterocycles. The second kappa shape index (κ2) is 8.81. The van der Waals surface area contributed by atoms with Crippen molar-refractivity contribution in [1.82, 2.24) is 14.5 Å². The molecule has 0 unspecified atom stereocenters. The van der Waals surface area contributed by atoms with Crippen LogP contribution in [0.3, 0.4) is 0 Å². The molecule has 170 valence electrons. The van der Waals surface area contributed by atoms with Gasteiger partial charge in [0.05, 0.1) is 6.20 Å². The number of ether oxygens (including phenoxy) is 2.